The molecule has 0 heterocycles. The number of unbranched alkanes of at least 4 members (excludes halogenated alkanes) is 5. The van der Waals surface area contributed by atoms with Crippen LogP contribution in [0.4, 0.5) is 0 Å². The fourth-order valence-corrected chi connectivity index (χ4v) is 7.81. The topological polar surface area (TPSA) is 71.1 Å². The van der Waals surface area contributed by atoms with Crippen LogP contribution in [-0.4, -0.2) is 38.4 Å². The minimum absolute atomic E-state index is 0.00647. The SMILES string of the molecule is CC(C)(C)CC(CC(C)(C)C)OC(=O)CCCCCCCCC(=O)OC1CC(C)(C)CC(C)(C)C1.COC(C)c1ccccc1.COC(C)c1ccccc1. The number of hydrogen-bond donors (Lipinski definition) is 0. The van der Waals surface area contributed by atoms with Gasteiger partial charge in [-0.3, -0.25) is 9.59 Å². The van der Waals surface area contributed by atoms with Gasteiger partial charge in [-0.05, 0) is 91.6 Å². The van der Waals surface area contributed by atoms with Crippen LogP contribution >= 0.6 is 0 Å². The lowest BCUT2D eigenvalue weighted by atomic mass is 9.64. The molecule has 0 radical (unpaired) electrons. The van der Waals surface area contributed by atoms with Crippen molar-refractivity contribution in [2.45, 2.75) is 191 Å². The first kappa shape index (κ1) is 50.3. The quantitative estimate of drug-likeness (QED) is 0.118. The van der Waals surface area contributed by atoms with Gasteiger partial charge in [-0.15, -0.1) is 0 Å². The van der Waals surface area contributed by atoms with E-state index in [1.54, 1.807) is 14.2 Å². The Hall–Kier alpha value is -2.70. The highest BCUT2D eigenvalue weighted by Crippen LogP contribution is 2.46. The standard InChI is InChI=1S/C31H58O4.2C9H12O/c1-28(2,3)19-24(20-29(4,5)6)34-26(32)17-15-13-11-12-14-16-18-27(33)35-25-21-30(7,8)23-31(9,10)22-25;2*1-8(10-2)9-6-4-3-5-7-9/h24-25H,11-23H2,1-10H3;2*3-8H,1-2H3. The summed E-state index contributed by atoms with van der Waals surface area (Å²) in [5.74, 6) is -0.0911. The first-order chi connectivity index (χ1) is 25.5. The van der Waals surface area contributed by atoms with Crippen molar-refractivity contribution in [3.63, 3.8) is 0 Å². The van der Waals surface area contributed by atoms with Gasteiger partial charge in [0.05, 0.1) is 12.2 Å². The Labute approximate surface area is 338 Å². The lowest BCUT2D eigenvalue weighted by Gasteiger charge is -2.44. The number of carbonyl (C=O) groups is 2. The Morgan fingerprint density at radius 1 is 0.618 bits per heavy atom. The first-order valence-corrected chi connectivity index (χ1v) is 21.1. The van der Waals surface area contributed by atoms with Gasteiger partial charge in [0.15, 0.2) is 0 Å². The maximum Gasteiger partial charge on any atom is 0.306 e. The molecule has 55 heavy (non-hydrogen) atoms. The minimum Gasteiger partial charge on any atom is -0.462 e. The minimum atomic E-state index is -0.0553. The number of ether oxygens (including phenoxy) is 4. The molecule has 0 spiro atoms. The van der Waals surface area contributed by atoms with Crippen LogP contribution in [-0.2, 0) is 28.5 Å². The van der Waals surface area contributed by atoms with E-state index in [9.17, 15) is 9.59 Å². The summed E-state index contributed by atoms with van der Waals surface area (Å²) >= 11 is 0. The zero-order chi connectivity index (χ0) is 41.7. The van der Waals surface area contributed by atoms with E-state index in [4.69, 9.17) is 18.9 Å². The Morgan fingerprint density at radius 3 is 1.35 bits per heavy atom. The average molecular weight is 767 g/mol. The van der Waals surface area contributed by atoms with E-state index in [-0.39, 0.29) is 58.0 Å². The van der Waals surface area contributed by atoms with Gasteiger partial charge in [0, 0.05) is 27.1 Å². The Bertz CT molecular complexity index is 1230. The van der Waals surface area contributed by atoms with Crippen molar-refractivity contribution in [2.75, 3.05) is 14.2 Å². The predicted octanol–water partition coefficient (Wildman–Crippen LogP) is 13.8. The highest BCUT2D eigenvalue weighted by molar-refractivity contribution is 5.69. The van der Waals surface area contributed by atoms with Crippen LogP contribution in [0.3, 0.4) is 0 Å². The van der Waals surface area contributed by atoms with Gasteiger partial charge in [0.25, 0.3) is 0 Å². The third-order valence-corrected chi connectivity index (χ3v) is 10.1. The first-order valence-electron chi connectivity index (χ1n) is 21.1. The Morgan fingerprint density at radius 2 is 0.982 bits per heavy atom. The summed E-state index contributed by atoms with van der Waals surface area (Å²) in [6.07, 6.45) is 12.5. The second-order valence-corrected chi connectivity index (χ2v) is 19.9. The molecule has 2 unspecified atom stereocenters. The van der Waals surface area contributed by atoms with Crippen molar-refractivity contribution in [2.24, 2.45) is 21.7 Å². The van der Waals surface area contributed by atoms with Crippen molar-refractivity contribution in [3.8, 4) is 0 Å². The molecule has 0 aliphatic heterocycles. The molecule has 6 heteroatoms. The molecule has 314 valence electrons. The molecule has 0 amide bonds. The molecule has 2 aromatic rings. The average Bonchev–Trinajstić information content (AvgIpc) is 3.07. The molecule has 3 rings (SSSR count). The molecule has 0 saturated heterocycles. The fourth-order valence-electron chi connectivity index (χ4n) is 7.81. The summed E-state index contributed by atoms with van der Waals surface area (Å²) in [7, 11) is 3.44. The van der Waals surface area contributed by atoms with Crippen LogP contribution in [0.5, 0.6) is 0 Å². The molecular weight excluding hydrogens is 685 g/mol. The second-order valence-electron chi connectivity index (χ2n) is 19.9. The van der Waals surface area contributed by atoms with Crippen molar-refractivity contribution in [1.82, 2.24) is 0 Å². The number of methoxy groups -OCH3 is 2. The lowest BCUT2D eigenvalue weighted by Crippen LogP contribution is -2.38. The largest absolute Gasteiger partial charge is 0.462 e. The third kappa shape index (κ3) is 25.2. The van der Waals surface area contributed by atoms with Crippen molar-refractivity contribution >= 4 is 11.9 Å². The molecule has 2 aromatic carbocycles. The van der Waals surface area contributed by atoms with Crippen molar-refractivity contribution in [1.29, 1.82) is 0 Å². The van der Waals surface area contributed by atoms with E-state index >= 15 is 0 Å². The molecule has 1 aliphatic rings. The van der Waals surface area contributed by atoms with Crippen LogP contribution in [0.1, 0.15) is 190 Å². The number of carbonyl (C=O) groups excluding carboxylic acids is 2. The molecule has 1 fully saturated rings. The van der Waals surface area contributed by atoms with E-state index < -0.39 is 0 Å². The van der Waals surface area contributed by atoms with Crippen molar-refractivity contribution in [3.05, 3.63) is 71.8 Å². The fraction of sp³-hybridized carbons (Fsp3) is 0.714. The highest BCUT2D eigenvalue weighted by Gasteiger charge is 2.40. The maximum absolute atomic E-state index is 12.4. The summed E-state index contributed by atoms with van der Waals surface area (Å²) in [5, 5.41) is 0. The van der Waals surface area contributed by atoms with E-state index in [1.807, 2.05) is 50.2 Å². The van der Waals surface area contributed by atoms with Crippen molar-refractivity contribution < 1.29 is 28.5 Å². The normalized spacial score (nSPS) is 16.5. The lowest BCUT2D eigenvalue weighted by molar-refractivity contribution is -0.155. The summed E-state index contributed by atoms with van der Waals surface area (Å²) < 4.78 is 22.0. The summed E-state index contributed by atoms with van der Waals surface area (Å²) in [4.78, 5) is 24.7. The number of benzene rings is 2. The molecule has 1 aliphatic carbocycles. The number of rotatable bonds is 17. The summed E-state index contributed by atoms with van der Waals surface area (Å²) in [6, 6.07) is 20.3. The zero-order valence-electron chi connectivity index (χ0n) is 37.7. The third-order valence-electron chi connectivity index (χ3n) is 10.1. The van der Waals surface area contributed by atoms with E-state index in [0.717, 1.165) is 64.2 Å². The molecule has 2 atom stereocenters. The Balaban J connectivity index is 0.000000603. The highest BCUT2D eigenvalue weighted by atomic mass is 16.5. The van der Waals surface area contributed by atoms with Gasteiger partial charge in [-0.2, -0.15) is 0 Å². The van der Waals surface area contributed by atoms with Crippen LogP contribution < -0.4 is 0 Å². The van der Waals surface area contributed by atoms with E-state index in [1.165, 1.54) is 17.5 Å². The van der Waals surface area contributed by atoms with Gasteiger partial charge in [-0.1, -0.05) is 156 Å². The number of hydrogen-bond acceptors (Lipinski definition) is 6. The molecule has 0 N–H and O–H groups in total. The summed E-state index contributed by atoms with van der Waals surface area (Å²) in [5.41, 5.74) is 3.21. The summed E-state index contributed by atoms with van der Waals surface area (Å²) in [6.45, 7) is 26.4. The monoisotopic (exact) mass is 767 g/mol. The van der Waals surface area contributed by atoms with Gasteiger partial charge < -0.3 is 18.9 Å². The van der Waals surface area contributed by atoms with Gasteiger partial charge in [0.2, 0.25) is 0 Å². The number of esters is 2. The van der Waals surface area contributed by atoms with E-state index in [2.05, 4.69) is 93.5 Å². The van der Waals surface area contributed by atoms with Gasteiger partial charge >= 0.3 is 11.9 Å². The van der Waals surface area contributed by atoms with E-state index in [0.29, 0.717) is 12.8 Å². The second kappa shape index (κ2) is 24.8. The molecule has 0 aromatic heterocycles. The van der Waals surface area contributed by atoms with Gasteiger partial charge in [-0.25, -0.2) is 0 Å². The van der Waals surface area contributed by atoms with Crippen LogP contribution in [0.25, 0.3) is 0 Å². The smallest absolute Gasteiger partial charge is 0.306 e. The molecular formula is C49H82O6. The zero-order valence-corrected chi connectivity index (χ0v) is 37.7. The van der Waals surface area contributed by atoms with Gasteiger partial charge in [0.1, 0.15) is 12.2 Å². The molecule has 6 nitrogen and oxygen atoms in total. The Kier molecular flexibility index (Phi) is 22.7. The van der Waals surface area contributed by atoms with Crippen LogP contribution in [0.2, 0.25) is 0 Å². The molecule has 1 saturated carbocycles. The molecule has 0 bridgehead atoms. The van der Waals surface area contributed by atoms with Crippen LogP contribution in [0.15, 0.2) is 60.7 Å². The van der Waals surface area contributed by atoms with Crippen LogP contribution in [0, 0.1) is 21.7 Å². The maximum atomic E-state index is 12.4. The predicted molar refractivity (Wildman–Crippen MR) is 230 cm³/mol.